The van der Waals surface area contributed by atoms with Crippen molar-refractivity contribution < 1.29 is 13.2 Å². The maximum atomic E-state index is 12.5. The number of nitrogens with zero attached hydrogens (tertiary/aromatic N) is 2. The molecule has 1 aromatic heterocycles. The third-order valence-corrected chi connectivity index (χ3v) is 4.66. The van der Waals surface area contributed by atoms with Gasteiger partial charge >= 0.3 is 0 Å². The number of ether oxygens (including phenoxy) is 1. The maximum absolute atomic E-state index is 12.5. The van der Waals surface area contributed by atoms with Crippen molar-refractivity contribution in [1.29, 1.82) is 0 Å². The van der Waals surface area contributed by atoms with E-state index in [4.69, 9.17) is 4.74 Å². The van der Waals surface area contributed by atoms with Gasteiger partial charge in [0.2, 0.25) is 10.0 Å². The molecule has 0 aliphatic rings. The Hall–Kier alpha value is -1.70. The molecule has 0 amide bonds. The van der Waals surface area contributed by atoms with E-state index in [2.05, 4.69) is 9.82 Å². The van der Waals surface area contributed by atoms with Crippen molar-refractivity contribution in [3.8, 4) is 11.3 Å². The zero-order valence-corrected chi connectivity index (χ0v) is 14.5. The molecule has 0 spiro atoms. The first kappa shape index (κ1) is 17.7. The van der Waals surface area contributed by atoms with Crippen LogP contribution in [0.3, 0.4) is 0 Å². The van der Waals surface area contributed by atoms with Gasteiger partial charge in [-0.3, -0.25) is 4.68 Å². The van der Waals surface area contributed by atoms with Gasteiger partial charge in [0.05, 0.1) is 6.10 Å². The summed E-state index contributed by atoms with van der Waals surface area (Å²) in [5, 5.41) is 4.29. The molecular formula is C16H23N3O3S. The summed E-state index contributed by atoms with van der Waals surface area (Å²) in [6.45, 7) is 4.76. The molecule has 7 heteroatoms. The number of benzene rings is 1. The van der Waals surface area contributed by atoms with Gasteiger partial charge < -0.3 is 4.74 Å². The van der Waals surface area contributed by atoms with Gasteiger partial charge in [-0.05, 0) is 20.3 Å². The Kier molecular flexibility index (Phi) is 5.92. The van der Waals surface area contributed by atoms with E-state index in [0.717, 1.165) is 5.56 Å². The van der Waals surface area contributed by atoms with Crippen molar-refractivity contribution in [2.45, 2.75) is 31.3 Å². The highest BCUT2D eigenvalue weighted by Crippen LogP contribution is 2.25. The lowest BCUT2D eigenvalue weighted by atomic mass is 10.2. The molecule has 2 aromatic rings. The molecule has 2 rings (SSSR count). The van der Waals surface area contributed by atoms with Crippen LogP contribution in [0.15, 0.2) is 41.4 Å². The molecule has 0 radical (unpaired) electrons. The van der Waals surface area contributed by atoms with Gasteiger partial charge in [0, 0.05) is 32.0 Å². The van der Waals surface area contributed by atoms with E-state index in [0.29, 0.717) is 25.3 Å². The molecule has 0 unspecified atom stereocenters. The van der Waals surface area contributed by atoms with Gasteiger partial charge in [-0.2, -0.15) is 5.10 Å². The Morgan fingerprint density at radius 1 is 1.26 bits per heavy atom. The second kappa shape index (κ2) is 7.72. The number of hydrogen-bond donors (Lipinski definition) is 1. The van der Waals surface area contributed by atoms with Gasteiger partial charge in [0.15, 0.2) is 0 Å². The van der Waals surface area contributed by atoms with Crippen molar-refractivity contribution in [2.75, 3.05) is 13.2 Å². The number of rotatable bonds is 8. The molecule has 0 saturated carbocycles. The molecule has 0 atom stereocenters. The first-order valence-corrected chi connectivity index (χ1v) is 9.09. The summed E-state index contributed by atoms with van der Waals surface area (Å²) < 4.78 is 34.6. The lowest BCUT2D eigenvalue weighted by molar-refractivity contribution is 0.0778. The third kappa shape index (κ3) is 4.89. The quantitative estimate of drug-likeness (QED) is 0.749. The summed E-state index contributed by atoms with van der Waals surface area (Å²) >= 11 is 0. The maximum Gasteiger partial charge on any atom is 0.244 e. The fourth-order valence-electron chi connectivity index (χ4n) is 2.13. The van der Waals surface area contributed by atoms with Crippen LogP contribution in [-0.2, 0) is 21.8 Å². The van der Waals surface area contributed by atoms with Crippen molar-refractivity contribution >= 4 is 10.0 Å². The molecule has 0 saturated heterocycles. The van der Waals surface area contributed by atoms with E-state index in [9.17, 15) is 8.42 Å². The second-order valence-electron chi connectivity index (χ2n) is 5.55. The standard InChI is InChI=1S/C16H23N3O3S/c1-13(2)22-11-7-10-17-23(20,21)15-12-19(3)18-16(15)14-8-5-4-6-9-14/h4-6,8-9,12-13,17H,7,10-11H2,1-3H3. The van der Waals surface area contributed by atoms with E-state index >= 15 is 0 Å². The van der Waals surface area contributed by atoms with Crippen molar-refractivity contribution in [3.05, 3.63) is 36.5 Å². The van der Waals surface area contributed by atoms with Crippen LogP contribution in [0.5, 0.6) is 0 Å². The summed E-state index contributed by atoms with van der Waals surface area (Å²) in [6, 6.07) is 9.29. The lowest BCUT2D eigenvalue weighted by Gasteiger charge is -2.09. The fourth-order valence-corrected chi connectivity index (χ4v) is 3.41. The van der Waals surface area contributed by atoms with Crippen LogP contribution in [-0.4, -0.2) is 37.5 Å². The number of aryl methyl sites for hydroxylation is 1. The van der Waals surface area contributed by atoms with E-state index < -0.39 is 10.0 Å². The number of aromatic nitrogens is 2. The van der Waals surface area contributed by atoms with Crippen LogP contribution >= 0.6 is 0 Å². The van der Waals surface area contributed by atoms with Gasteiger partial charge in [-0.15, -0.1) is 0 Å². The summed E-state index contributed by atoms with van der Waals surface area (Å²) in [6.07, 6.45) is 2.29. The van der Waals surface area contributed by atoms with Crippen LogP contribution in [0.1, 0.15) is 20.3 Å². The first-order valence-electron chi connectivity index (χ1n) is 7.60. The summed E-state index contributed by atoms with van der Waals surface area (Å²) in [4.78, 5) is 0.191. The van der Waals surface area contributed by atoms with E-state index in [-0.39, 0.29) is 11.0 Å². The van der Waals surface area contributed by atoms with Crippen LogP contribution in [0.2, 0.25) is 0 Å². The highest BCUT2D eigenvalue weighted by atomic mass is 32.2. The summed E-state index contributed by atoms with van der Waals surface area (Å²) in [5.74, 6) is 0. The smallest absolute Gasteiger partial charge is 0.244 e. The van der Waals surface area contributed by atoms with E-state index in [1.54, 1.807) is 7.05 Å². The Bertz CT molecular complexity index is 724. The Balaban J connectivity index is 2.11. The molecule has 1 N–H and O–H groups in total. The van der Waals surface area contributed by atoms with Gasteiger partial charge in [-0.1, -0.05) is 30.3 Å². The van der Waals surface area contributed by atoms with Crippen LogP contribution in [0, 0.1) is 0 Å². The summed E-state index contributed by atoms with van der Waals surface area (Å²) in [5.41, 5.74) is 1.23. The Morgan fingerprint density at radius 3 is 2.61 bits per heavy atom. The predicted molar refractivity (Wildman–Crippen MR) is 89.5 cm³/mol. The molecule has 1 heterocycles. The topological polar surface area (TPSA) is 73.2 Å². The molecule has 126 valence electrons. The van der Waals surface area contributed by atoms with Crippen LogP contribution in [0.4, 0.5) is 0 Å². The third-order valence-electron chi connectivity index (χ3n) is 3.20. The minimum Gasteiger partial charge on any atom is -0.379 e. The normalized spacial score (nSPS) is 12.0. The van der Waals surface area contributed by atoms with Crippen molar-refractivity contribution in [2.24, 2.45) is 7.05 Å². The fraction of sp³-hybridized carbons (Fsp3) is 0.438. The Morgan fingerprint density at radius 2 is 1.96 bits per heavy atom. The number of hydrogen-bond acceptors (Lipinski definition) is 4. The Labute approximate surface area is 137 Å². The van der Waals surface area contributed by atoms with Gasteiger partial charge in [-0.25, -0.2) is 13.1 Å². The van der Waals surface area contributed by atoms with Crippen molar-refractivity contribution in [1.82, 2.24) is 14.5 Å². The van der Waals surface area contributed by atoms with Gasteiger partial charge in [0.1, 0.15) is 10.6 Å². The zero-order chi connectivity index (χ0) is 16.9. The second-order valence-corrected chi connectivity index (χ2v) is 7.29. The first-order chi connectivity index (χ1) is 10.9. The average molecular weight is 337 g/mol. The molecule has 0 aliphatic heterocycles. The van der Waals surface area contributed by atoms with Crippen LogP contribution in [0.25, 0.3) is 11.3 Å². The monoisotopic (exact) mass is 337 g/mol. The number of sulfonamides is 1. The lowest BCUT2D eigenvalue weighted by Crippen LogP contribution is -2.26. The van der Waals surface area contributed by atoms with Crippen LogP contribution < -0.4 is 4.72 Å². The SMILES string of the molecule is CC(C)OCCCNS(=O)(=O)c1cn(C)nc1-c1ccccc1. The largest absolute Gasteiger partial charge is 0.379 e. The zero-order valence-electron chi connectivity index (χ0n) is 13.7. The molecular weight excluding hydrogens is 314 g/mol. The molecule has 6 nitrogen and oxygen atoms in total. The minimum absolute atomic E-state index is 0.148. The van der Waals surface area contributed by atoms with Crippen molar-refractivity contribution in [3.63, 3.8) is 0 Å². The average Bonchev–Trinajstić information content (AvgIpc) is 2.90. The highest BCUT2D eigenvalue weighted by molar-refractivity contribution is 7.89. The predicted octanol–water partition coefficient (Wildman–Crippen LogP) is 2.18. The molecule has 1 aromatic carbocycles. The molecule has 0 bridgehead atoms. The molecule has 0 fully saturated rings. The summed E-state index contributed by atoms with van der Waals surface area (Å²) in [7, 11) is -1.90. The van der Waals surface area contributed by atoms with E-state index in [1.165, 1.54) is 10.9 Å². The highest BCUT2D eigenvalue weighted by Gasteiger charge is 2.22. The van der Waals surface area contributed by atoms with E-state index in [1.807, 2.05) is 44.2 Å². The van der Waals surface area contributed by atoms with Gasteiger partial charge in [0.25, 0.3) is 0 Å². The molecule has 0 aliphatic carbocycles. The molecule has 23 heavy (non-hydrogen) atoms. The number of nitrogens with one attached hydrogen (secondary N) is 1. The minimum atomic E-state index is -3.61.